The molecule has 1 heterocycles. The molecule has 3 rings (SSSR count). The molecule has 7 heteroatoms. The van der Waals surface area contributed by atoms with Gasteiger partial charge in [0.2, 0.25) is 0 Å². The minimum absolute atomic E-state index is 0.00175. The molecule has 26 heavy (non-hydrogen) atoms. The molecule has 3 N–H and O–H groups in total. The van der Waals surface area contributed by atoms with E-state index in [1.807, 2.05) is 0 Å². The Labute approximate surface area is 149 Å². The number of carboxylic acid groups (broad SMARTS) is 1. The summed E-state index contributed by atoms with van der Waals surface area (Å²) in [7, 11) is 0. The van der Waals surface area contributed by atoms with Crippen molar-refractivity contribution >= 4 is 11.9 Å². The number of hydrogen-bond acceptors (Lipinski definition) is 5. The first kappa shape index (κ1) is 18.0. The molecular weight excluding hydrogens is 341 g/mol. The van der Waals surface area contributed by atoms with Crippen LogP contribution in [0.2, 0.25) is 0 Å². The number of carboxylic acids is 1. The van der Waals surface area contributed by atoms with Crippen LogP contribution < -0.4 is 5.32 Å². The van der Waals surface area contributed by atoms with Gasteiger partial charge in [-0.25, -0.2) is 9.18 Å². The number of esters is 1. The number of ether oxygens (including phenoxy) is 1. The fourth-order valence-corrected chi connectivity index (χ4v) is 2.93. The number of aliphatic carboxylic acids is 1. The third-order valence-corrected chi connectivity index (χ3v) is 4.44. The van der Waals surface area contributed by atoms with Crippen molar-refractivity contribution in [3.63, 3.8) is 0 Å². The summed E-state index contributed by atoms with van der Waals surface area (Å²) in [5, 5.41) is 21.3. The van der Waals surface area contributed by atoms with Gasteiger partial charge < -0.3 is 20.3 Å². The first-order valence-electron chi connectivity index (χ1n) is 8.09. The summed E-state index contributed by atoms with van der Waals surface area (Å²) in [5.74, 6) is -2.02. The van der Waals surface area contributed by atoms with Gasteiger partial charge in [-0.15, -0.1) is 0 Å². The van der Waals surface area contributed by atoms with Gasteiger partial charge in [0.1, 0.15) is 17.5 Å². The molecule has 0 aromatic heterocycles. The zero-order valence-electron chi connectivity index (χ0n) is 13.8. The summed E-state index contributed by atoms with van der Waals surface area (Å²) < 4.78 is 18.4. The summed E-state index contributed by atoms with van der Waals surface area (Å²) in [6.07, 6.45) is -0.00175. The number of carbonyl (C=O) groups is 2. The SMILES string of the molecule is O=C(O[C@]1(CO)CN[C@H](C(=O)O)C1)c1ccc(-c2ccc(F)cc2)cc1. The van der Waals surface area contributed by atoms with Gasteiger partial charge >= 0.3 is 11.9 Å². The number of carbonyl (C=O) groups excluding carboxylic acids is 1. The molecular formula is C19H18FNO5. The van der Waals surface area contributed by atoms with Crippen LogP contribution in [-0.2, 0) is 9.53 Å². The van der Waals surface area contributed by atoms with E-state index in [2.05, 4.69) is 5.32 Å². The van der Waals surface area contributed by atoms with Crippen LogP contribution >= 0.6 is 0 Å². The fourth-order valence-electron chi connectivity index (χ4n) is 2.93. The topological polar surface area (TPSA) is 95.9 Å². The molecule has 1 saturated heterocycles. The summed E-state index contributed by atoms with van der Waals surface area (Å²) in [6, 6.07) is 11.7. The minimum Gasteiger partial charge on any atom is -0.480 e. The molecule has 0 saturated carbocycles. The zero-order valence-corrected chi connectivity index (χ0v) is 13.8. The van der Waals surface area contributed by atoms with Crippen molar-refractivity contribution in [3.05, 3.63) is 59.9 Å². The molecule has 136 valence electrons. The van der Waals surface area contributed by atoms with Crippen LogP contribution in [0.4, 0.5) is 4.39 Å². The molecule has 0 aliphatic carbocycles. The normalized spacial score (nSPS) is 22.2. The van der Waals surface area contributed by atoms with Gasteiger partial charge in [-0.3, -0.25) is 4.79 Å². The van der Waals surface area contributed by atoms with Crippen molar-refractivity contribution in [1.29, 1.82) is 0 Å². The maximum Gasteiger partial charge on any atom is 0.338 e. The maximum atomic E-state index is 13.0. The van der Waals surface area contributed by atoms with Crippen molar-refractivity contribution < 1.29 is 28.9 Å². The molecule has 0 amide bonds. The minimum atomic E-state index is -1.25. The van der Waals surface area contributed by atoms with Gasteiger partial charge in [-0.2, -0.15) is 0 Å². The van der Waals surface area contributed by atoms with E-state index in [-0.39, 0.29) is 24.3 Å². The van der Waals surface area contributed by atoms with Crippen molar-refractivity contribution in [2.24, 2.45) is 0 Å². The Morgan fingerprint density at radius 3 is 2.19 bits per heavy atom. The molecule has 1 fully saturated rings. The van der Waals surface area contributed by atoms with Crippen LogP contribution in [0.25, 0.3) is 11.1 Å². The van der Waals surface area contributed by atoms with Crippen molar-refractivity contribution in [2.75, 3.05) is 13.2 Å². The fraction of sp³-hybridized carbons (Fsp3) is 0.263. The van der Waals surface area contributed by atoms with Crippen LogP contribution in [0.3, 0.4) is 0 Å². The molecule has 2 aromatic rings. The second-order valence-electron chi connectivity index (χ2n) is 6.29. The number of aliphatic hydroxyl groups excluding tert-OH is 1. The Kier molecular flexibility index (Phi) is 5.01. The van der Waals surface area contributed by atoms with Gasteiger partial charge in [0.15, 0.2) is 0 Å². The quantitative estimate of drug-likeness (QED) is 0.705. The second kappa shape index (κ2) is 7.23. The number of aliphatic hydroxyl groups is 1. The average molecular weight is 359 g/mol. The van der Waals surface area contributed by atoms with E-state index < -0.39 is 30.2 Å². The standard InChI is InChI=1S/C19H18FNO5/c20-15-7-5-13(6-8-15)12-1-3-14(4-2-12)18(25)26-19(11-22)9-16(17(23)24)21-10-19/h1-8,16,21-22H,9-11H2,(H,23,24)/t16-,19-/m0/s1. The first-order valence-corrected chi connectivity index (χ1v) is 8.09. The lowest BCUT2D eigenvalue weighted by Crippen LogP contribution is -2.41. The summed E-state index contributed by atoms with van der Waals surface area (Å²) in [4.78, 5) is 23.4. The Balaban J connectivity index is 1.72. The highest BCUT2D eigenvalue weighted by Crippen LogP contribution is 2.26. The lowest BCUT2D eigenvalue weighted by molar-refractivity contribution is -0.139. The van der Waals surface area contributed by atoms with Crippen molar-refractivity contribution in [2.45, 2.75) is 18.1 Å². The Morgan fingerprint density at radius 2 is 1.69 bits per heavy atom. The molecule has 0 spiro atoms. The average Bonchev–Trinajstić information content (AvgIpc) is 3.07. The predicted molar refractivity (Wildman–Crippen MR) is 91.1 cm³/mol. The molecule has 6 nitrogen and oxygen atoms in total. The zero-order chi connectivity index (χ0) is 18.7. The Bertz CT molecular complexity index is 806. The molecule has 0 unspecified atom stereocenters. The number of halogens is 1. The van der Waals surface area contributed by atoms with E-state index in [0.29, 0.717) is 0 Å². The third kappa shape index (κ3) is 3.74. The number of benzene rings is 2. The summed E-state index contributed by atoms with van der Waals surface area (Å²) >= 11 is 0. The first-order chi connectivity index (χ1) is 12.4. The van der Waals surface area contributed by atoms with Gasteiger partial charge in [0.25, 0.3) is 0 Å². The smallest absolute Gasteiger partial charge is 0.338 e. The van der Waals surface area contributed by atoms with Crippen molar-refractivity contribution in [3.8, 4) is 11.1 Å². The molecule has 1 aliphatic rings. The van der Waals surface area contributed by atoms with Crippen LogP contribution in [0.15, 0.2) is 48.5 Å². The van der Waals surface area contributed by atoms with Crippen LogP contribution in [0.5, 0.6) is 0 Å². The molecule has 0 bridgehead atoms. The van der Waals surface area contributed by atoms with Gasteiger partial charge in [-0.1, -0.05) is 24.3 Å². The highest BCUT2D eigenvalue weighted by atomic mass is 19.1. The summed E-state index contributed by atoms with van der Waals surface area (Å²) in [5.41, 5.74) is 0.646. The van der Waals surface area contributed by atoms with Crippen molar-refractivity contribution in [1.82, 2.24) is 5.32 Å². The van der Waals surface area contributed by atoms with E-state index in [4.69, 9.17) is 9.84 Å². The Morgan fingerprint density at radius 1 is 1.12 bits per heavy atom. The van der Waals surface area contributed by atoms with Crippen LogP contribution in [0, 0.1) is 5.82 Å². The van der Waals surface area contributed by atoms with Gasteiger partial charge in [0, 0.05) is 13.0 Å². The van der Waals surface area contributed by atoms with E-state index >= 15 is 0 Å². The largest absolute Gasteiger partial charge is 0.480 e. The van der Waals surface area contributed by atoms with Gasteiger partial charge in [-0.05, 0) is 35.4 Å². The van der Waals surface area contributed by atoms with Crippen LogP contribution in [-0.4, -0.2) is 46.9 Å². The van der Waals surface area contributed by atoms with Crippen LogP contribution in [0.1, 0.15) is 16.8 Å². The van der Waals surface area contributed by atoms with Gasteiger partial charge in [0.05, 0.1) is 12.2 Å². The molecule has 0 radical (unpaired) electrons. The number of nitrogens with one attached hydrogen (secondary N) is 1. The number of rotatable bonds is 5. The molecule has 2 atom stereocenters. The Hall–Kier alpha value is -2.77. The molecule has 2 aromatic carbocycles. The predicted octanol–water partition coefficient (Wildman–Crippen LogP) is 1.83. The van der Waals surface area contributed by atoms with E-state index in [9.17, 15) is 19.1 Å². The van der Waals surface area contributed by atoms with E-state index in [1.165, 1.54) is 12.1 Å². The maximum absolute atomic E-state index is 13.0. The van der Waals surface area contributed by atoms with E-state index in [1.54, 1.807) is 36.4 Å². The summed E-state index contributed by atoms with van der Waals surface area (Å²) in [6.45, 7) is -0.400. The van der Waals surface area contributed by atoms with E-state index in [0.717, 1.165) is 11.1 Å². The lowest BCUT2D eigenvalue weighted by Gasteiger charge is -2.26. The third-order valence-electron chi connectivity index (χ3n) is 4.44. The second-order valence-corrected chi connectivity index (χ2v) is 6.29. The number of hydrogen-bond donors (Lipinski definition) is 3. The monoisotopic (exact) mass is 359 g/mol. The molecule has 1 aliphatic heterocycles. The highest BCUT2D eigenvalue weighted by molar-refractivity contribution is 5.90. The highest BCUT2D eigenvalue weighted by Gasteiger charge is 2.44. The lowest BCUT2D eigenvalue weighted by atomic mass is 10.0.